The van der Waals surface area contributed by atoms with Gasteiger partial charge in [-0.25, -0.2) is 14.4 Å². The first-order valence-corrected chi connectivity index (χ1v) is 8.76. The van der Waals surface area contributed by atoms with Gasteiger partial charge in [0.2, 0.25) is 0 Å². The average molecular weight is 381 g/mol. The van der Waals surface area contributed by atoms with E-state index in [-0.39, 0.29) is 10.8 Å². The number of nitrogens with zero attached hydrogens (tertiary/aromatic N) is 4. The van der Waals surface area contributed by atoms with E-state index in [1.807, 2.05) is 0 Å². The number of nitrogens with one attached hydrogen (secondary N) is 1. The van der Waals surface area contributed by atoms with Gasteiger partial charge in [-0.3, -0.25) is 15.1 Å². The van der Waals surface area contributed by atoms with E-state index in [0.717, 1.165) is 22.5 Å². The zero-order valence-corrected chi connectivity index (χ0v) is 14.6. The molecule has 0 atom stereocenters. The van der Waals surface area contributed by atoms with Crippen molar-refractivity contribution in [3.05, 3.63) is 76.4 Å². The summed E-state index contributed by atoms with van der Waals surface area (Å²) in [6.07, 6.45) is 3.26. The van der Waals surface area contributed by atoms with E-state index in [0.29, 0.717) is 28.4 Å². The molecule has 1 N–H and O–H groups in total. The van der Waals surface area contributed by atoms with E-state index < -0.39 is 4.92 Å². The highest BCUT2D eigenvalue weighted by atomic mass is 32.1. The monoisotopic (exact) mass is 381 g/mol. The predicted molar refractivity (Wildman–Crippen MR) is 101 cm³/mol. The molecule has 0 saturated carbocycles. The molecule has 134 valence electrons. The average Bonchev–Trinajstić information content (AvgIpc) is 3.13. The number of benzene rings is 1. The Morgan fingerprint density at radius 1 is 1.11 bits per heavy atom. The van der Waals surface area contributed by atoms with E-state index in [1.54, 1.807) is 36.7 Å². The minimum absolute atomic E-state index is 0.00369. The fraction of sp³-hybridized carbons (Fsp3) is 0.0556. The molecule has 0 amide bonds. The molecule has 0 fully saturated rings. The van der Waals surface area contributed by atoms with Crippen molar-refractivity contribution in [2.24, 2.45) is 0 Å². The SMILES string of the molecule is O=[N+]([O-])c1cc2c(NCc3ccc(F)cc3)nc(-c3ccncc3)nc2s1. The number of rotatable bonds is 5. The molecular weight excluding hydrogens is 369 g/mol. The Morgan fingerprint density at radius 3 is 2.56 bits per heavy atom. The molecular formula is C18H12FN5O2S. The molecule has 0 saturated heterocycles. The lowest BCUT2D eigenvalue weighted by atomic mass is 10.2. The topological polar surface area (TPSA) is 93.8 Å². The molecule has 1 aromatic carbocycles. The molecule has 4 rings (SSSR count). The standard InChI is InChI=1S/C18H12FN5O2S/c19-13-3-1-11(2-4-13)10-21-17-14-9-15(24(25)26)27-18(14)23-16(22-17)12-5-7-20-8-6-12/h1-9H,10H2,(H,21,22,23). The van der Waals surface area contributed by atoms with Gasteiger partial charge in [-0.2, -0.15) is 0 Å². The van der Waals surface area contributed by atoms with Gasteiger partial charge in [-0.15, -0.1) is 0 Å². The van der Waals surface area contributed by atoms with Crippen LogP contribution in [0.3, 0.4) is 0 Å². The van der Waals surface area contributed by atoms with Crippen LogP contribution in [0.15, 0.2) is 54.9 Å². The van der Waals surface area contributed by atoms with Gasteiger partial charge in [0.25, 0.3) is 0 Å². The van der Waals surface area contributed by atoms with E-state index in [2.05, 4.69) is 20.3 Å². The molecule has 3 heterocycles. The molecule has 7 nitrogen and oxygen atoms in total. The number of thiophene rings is 1. The van der Waals surface area contributed by atoms with Crippen LogP contribution in [-0.2, 0) is 6.54 Å². The molecule has 0 aliphatic carbocycles. The smallest absolute Gasteiger partial charge is 0.326 e. The van der Waals surface area contributed by atoms with Gasteiger partial charge in [0.1, 0.15) is 16.5 Å². The Balaban J connectivity index is 1.76. The van der Waals surface area contributed by atoms with E-state index in [1.165, 1.54) is 18.2 Å². The van der Waals surface area contributed by atoms with Crippen LogP contribution >= 0.6 is 11.3 Å². The van der Waals surface area contributed by atoms with E-state index >= 15 is 0 Å². The van der Waals surface area contributed by atoms with Crippen molar-refractivity contribution in [2.75, 3.05) is 5.32 Å². The summed E-state index contributed by atoms with van der Waals surface area (Å²) in [5.41, 5.74) is 1.62. The summed E-state index contributed by atoms with van der Waals surface area (Å²) in [5, 5.41) is 14.9. The van der Waals surface area contributed by atoms with Crippen LogP contribution in [0.1, 0.15) is 5.56 Å². The quantitative estimate of drug-likeness (QED) is 0.406. The lowest BCUT2D eigenvalue weighted by Gasteiger charge is -2.09. The van der Waals surface area contributed by atoms with E-state index in [9.17, 15) is 14.5 Å². The van der Waals surface area contributed by atoms with Crippen LogP contribution in [0.25, 0.3) is 21.6 Å². The third-order valence-electron chi connectivity index (χ3n) is 3.87. The van der Waals surface area contributed by atoms with Crippen molar-refractivity contribution in [3.63, 3.8) is 0 Å². The van der Waals surface area contributed by atoms with Crippen LogP contribution in [0, 0.1) is 15.9 Å². The molecule has 3 aromatic heterocycles. The highest BCUT2D eigenvalue weighted by molar-refractivity contribution is 7.21. The predicted octanol–water partition coefficient (Wildman–Crippen LogP) is 4.41. The lowest BCUT2D eigenvalue weighted by molar-refractivity contribution is -0.380. The van der Waals surface area contributed by atoms with Crippen LogP contribution in [0.2, 0.25) is 0 Å². The minimum Gasteiger partial charge on any atom is -0.365 e. The largest absolute Gasteiger partial charge is 0.365 e. The molecule has 0 spiro atoms. The van der Waals surface area contributed by atoms with Crippen molar-refractivity contribution in [1.29, 1.82) is 0 Å². The Labute approximate surface area is 156 Å². The molecule has 0 bridgehead atoms. The summed E-state index contributed by atoms with van der Waals surface area (Å²) < 4.78 is 13.1. The van der Waals surface area contributed by atoms with Crippen molar-refractivity contribution in [2.45, 2.75) is 6.54 Å². The van der Waals surface area contributed by atoms with Crippen LogP contribution < -0.4 is 5.32 Å². The summed E-state index contributed by atoms with van der Waals surface area (Å²) in [6.45, 7) is 0.395. The first-order valence-electron chi connectivity index (χ1n) is 7.95. The summed E-state index contributed by atoms with van der Waals surface area (Å²) >= 11 is 0.997. The second-order valence-corrected chi connectivity index (χ2v) is 6.68. The molecule has 9 heteroatoms. The van der Waals surface area contributed by atoms with E-state index in [4.69, 9.17) is 0 Å². The number of pyridine rings is 1. The van der Waals surface area contributed by atoms with Gasteiger partial charge >= 0.3 is 5.00 Å². The molecule has 0 aliphatic heterocycles. The van der Waals surface area contributed by atoms with Gasteiger partial charge in [0.15, 0.2) is 5.82 Å². The van der Waals surface area contributed by atoms with Crippen molar-refractivity contribution >= 4 is 32.4 Å². The lowest BCUT2D eigenvalue weighted by Crippen LogP contribution is -2.03. The zero-order chi connectivity index (χ0) is 18.8. The summed E-state index contributed by atoms with van der Waals surface area (Å²) in [7, 11) is 0. The number of hydrogen-bond acceptors (Lipinski definition) is 7. The van der Waals surface area contributed by atoms with Gasteiger partial charge in [0, 0.05) is 30.6 Å². The Bertz CT molecular complexity index is 1120. The minimum atomic E-state index is -0.442. The third kappa shape index (κ3) is 3.58. The van der Waals surface area contributed by atoms with Crippen molar-refractivity contribution < 1.29 is 9.31 Å². The first-order chi connectivity index (χ1) is 13.1. The van der Waals surface area contributed by atoms with Crippen LogP contribution in [-0.4, -0.2) is 19.9 Å². The Kier molecular flexibility index (Phi) is 4.43. The number of fused-ring (bicyclic) bond motifs is 1. The highest BCUT2D eigenvalue weighted by Gasteiger charge is 2.18. The van der Waals surface area contributed by atoms with Gasteiger partial charge < -0.3 is 5.32 Å². The fourth-order valence-corrected chi connectivity index (χ4v) is 3.40. The van der Waals surface area contributed by atoms with Crippen molar-refractivity contribution in [1.82, 2.24) is 15.0 Å². The second-order valence-electron chi connectivity index (χ2n) is 5.67. The summed E-state index contributed by atoms with van der Waals surface area (Å²) in [5.74, 6) is 0.625. The molecule has 0 aliphatic rings. The molecule has 0 unspecified atom stereocenters. The number of nitro groups is 1. The maximum atomic E-state index is 13.1. The number of halogens is 1. The Morgan fingerprint density at radius 2 is 1.85 bits per heavy atom. The fourth-order valence-electron chi connectivity index (χ4n) is 2.55. The molecule has 27 heavy (non-hydrogen) atoms. The first kappa shape index (κ1) is 17.0. The summed E-state index contributed by atoms with van der Waals surface area (Å²) in [6, 6.07) is 11.1. The number of hydrogen-bond donors (Lipinski definition) is 1. The zero-order valence-electron chi connectivity index (χ0n) is 13.8. The van der Waals surface area contributed by atoms with Gasteiger partial charge in [0.05, 0.1) is 10.3 Å². The van der Waals surface area contributed by atoms with Crippen molar-refractivity contribution in [3.8, 4) is 11.4 Å². The maximum Gasteiger partial charge on any atom is 0.326 e. The number of aromatic nitrogens is 3. The van der Waals surface area contributed by atoms with Crippen LogP contribution in [0.5, 0.6) is 0 Å². The van der Waals surface area contributed by atoms with Crippen LogP contribution in [0.4, 0.5) is 15.2 Å². The van der Waals surface area contributed by atoms with Gasteiger partial charge in [-0.1, -0.05) is 12.1 Å². The maximum absolute atomic E-state index is 13.1. The second kappa shape index (κ2) is 7.04. The number of anilines is 1. The third-order valence-corrected chi connectivity index (χ3v) is 4.85. The normalized spacial score (nSPS) is 10.9. The van der Waals surface area contributed by atoms with Gasteiger partial charge in [-0.05, 0) is 41.2 Å². The molecule has 0 radical (unpaired) electrons. The summed E-state index contributed by atoms with van der Waals surface area (Å²) in [4.78, 5) is 24.2. The molecule has 4 aromatic rings. The Hall–Kier alpha value is -3.46. The highest BCUT2D eigenvalue weighted by Crippen LogP contribution is 2.35.